The Kier molecular flexibility index (Phi) is 2.76. The zero-order valence-electron chi connectivity index (χ0n) is 9.15. The van der Waals surface area contributed by atoms with Crippen LogP contribution in [0.4, 0.5) is 0 Å². The molecule has 1 unspecified atom stereocenters. The lowest BCUT2D eigenvalue weighted by atomic mass is 10.1. The van der Waals surface area contributed by atoms with E-state index in [1.54, 1.807) is 14.2 Å². The summed E-state index contributed by atoms with van der Waals surface area (Å²) in [4.78, 5) is 15.5. The number of rotatable bonds is 2. The Hall–Kier alpha value is -2.04. The summed E-state index contributed by atoms with van der Waals surface area (Å²) >= 11 is 0. The molecule has 0 radical (unpaired) electrons. The van der Waals surface area contributed by atoms with Crippen molar-refractivity contribution < 1.29 is 9.53 Å². The SMILES string of the molecule is CN=C1NC(=O)C(c2ccc(OC)cc2)N1. The van der Waals surface area contributed by atoms with Crippen LogP contribution in [0, 0.1) is 0 Å². The van der Waals surface area contributed by atoms with Crippen molar-refractivity contribution in [2.45, 2.75) is 6.04 Å². The number of ether oxygens (including phenoxy) is 1. The lowest BCUT2D eigenvalue weighted by Crippen LogP contribution is -2.24. The molecule has 16 heavy (non-hydrogen) atoms. The maximum absolute atomic E-state index is 11.6. The first-order valence-electron chi connectivity index (χ1n) is 4.92. The van der Waals surface area contributed by atoms with Crippen LogP contribution in [0.15, 0.2) is 29.3 Å². The van der Waals surface area contributed by atoms with Gasteiger partial charge in [-0.15, -0.1) is 0 Å². The average molecular weight is 219 g/mol. The highest BCUT2D eigenvalue weighted by molar-refractivity contribution is 6.06. The number of methoxy groups -OCH3 is 1. The van der Waals surface area contributed by atoms with Gasteiger partial charge < -0.3 is 10.1 Å². The molecular weight excluding hydrogens is 206 g/mol. The van der Waals surface area contributed by atoms with Crippen LogP contribution in [0.25, 0.3) is 0 Å². The van der Waals surface area contributed by atoms with Crippen molar-refractivity contribution in [2.24, 2.45) is 4.99 Å². The van der Waals surface area contributed by atoms with Gasteiger partial charge >= 0.3 is 0 Å². The predicted octanol–water partition coefficient (Wildman–Crippen LogP) is 0.441. The summed E-state index contributed by atoms with van der Waals surface area (Å²) in [6.07, 6.45) is 0. The largest absolute Gasteiger partial charge is 0.497 e. The summed E-state index contributed by atoms with van der Waals surface area (Å²) in [6.45, 7) is 0. The molecule has 0 saturated carbocycles. The highest BCUT2D eigenvalue weighted by atomic mass is 16.5. The Morgan fingerprint density at radius 1 is 1.31 bits per heavy atom. The number of carbonyl (C=O) groups is 1. The number of benzene rings is 1. The van der Waals surface area contributed by atoms with E-state index in [2.05, 4.69) is 15.6 Å². The van der Waals surface area contributed by atoms with Gasteiger partial charge in [-0.3, -0.25) is 15.1 Å². The zero-order valence-corrected chi connectivity index (χ0v) is 9.15. The molecule has 1 saturated heterocycles. The van der Waals surface area contributed by atoms with Gasteiger partial charge in [-0.05, 0) is 17.7 Å². The summed E-state index contributed by atoms with van der Waals surface area (Å²) in [5.41, 5.74) is 0.886. The number of hydrogen-bond donors (Lipinski definition) is 2. The fourth-order valence-electron chi connectivity index (χ4n) is 1.58. The second kappa shape index (κ2) is 4.22. The summed E-state index contributed by atoms with van der Waals surface area (Å²) in [7, 11) is 3.23. The van der Waals surface area contributed by atoms with Crippen molar-refractivity contribution >= 4 is 11.9 Å². The maximum atomic E-state index is 11.6. The molecule has 1 aromatic rings. The van der Waals surface area contributed by atoms with E-state index in [1.165, 1.54) is 0 Å². The fraction of sp³-hybridized carbons (Fsp3) is 0.273. The van der Waals surface area contributed by atoms with Crippen molar-refractivity contribution in [2.75, 3.05) is 14.2 Å². The van der Waals surface area contributed by atoms with Gasteiger partial charge in [0.15, 0.2) is 5.96 Å². The molecule has 0 bridgehead atoms. The maximum Gasteiger partial charge on any atom is 0.253 e. The monoisotopic (exact) mass is 219 g/mol. The third kappa shape index (κ3) is 1.84. The number of amides is 1. The van der Waals surface area contributed by atoms with Crippen LogP contribution < -0.4 is 15.4 Å². The third-order valence-electron chi connectivity index (χ3n) is 2.46. The van der Waals surface area contributed by atoms with E-state index >= 15 is 0 Å². The number of carbonyl (C=O) groups excluding carboxylic acids is 1. The number of aliphatic imine (C=N–C) groups is 1. The van der Waals surface area contributed by atoms with Gasteiger partial charge in [-0.2, -0.15) is 0 Å². The van der Waals surface area contributed by atoms with Gasteiger partial charge in [0.1, 0.15) is 11.8 Å². The number of nitrogens with zero attached hydrogens (tertiary/aromatic N) is 1. The van der Waals surface area contributed by atoms with Crippen molar-refractivity contribution in [1.29, 1.82) is 0 Å². The lowest BCUT2D eigenvalue weighted by Gasteiger charge is -2.08. The highest BCUT2D eigenvalue weighted by Gasteiger charge is 2.28. The smallest absolute Gasteiger partial charge is 0.253 e. The van der Waals surface area contributed by atoms with Gasteiger partial charge in [0.25, 0.3) is 5.91 Å². The fourth-order valence-corrected chi connectivity index (χ4v) is 1.58. The molecule has 1 aliphatic heterocycles. The second-order valence-electron chi connectivity index (χ2n) is 3.41. The van der Waals surface area contributed by atoms with Gasteiger partial charge in [0.05, 0.1) is 7.11 Å². The normalized spacial score (nSPS) is 21.8. The quantitative estimate of drug-likeness (QED) is 0.758. The Labute approximate surface area is 93.5 Å². The van der Waals surface area contributed by atoms with Crippen LogP contribution in [0.1, 0.15) is 11.6 Å². The predicted molar refractivity (Wildman–Crippen MR) is 60.4 cm³/mol. The van der Waals surface area contributed by atoms with Gasteiger partial charge in [0, 0.05) is 7.05 Å². The molecule has 0 aromatic heterocycles. The van der Waals surface area contributed by atoms with E-state index in [4.69, 9.17) is 4.74 Å². The number of nitrogens with one attached hydrogen (secondary N) is 2. The molecule has 2 rings (SSSR count). The first-order valence-corrected chi connectivity index (χ1v) is 4.92. The Morgan fingerprint density at radius 2 is 2.00 bits per heavy atom. The van der Waals surface area contributed by atoms with Gasteiger partial charge in [0.2, 0.25) is 0 Å². The molecule has 5 heteroatoms. The van der Waals surface area contributed by atoms with E-state index in [-0.39, 0.29) is 11.9 Å². The van der Waals surface area contributed by atoms with Crippen LogP contribution in [-0.4, -0.2) is 26.0 Å². The molecule has 1 aromatic carbocycles. The van der Waals surface area contributed by atoms with Gasteiger partial charge in [-0.25, -0.2) is 0 Å². The van der Waals surface area contributed by atoms with Crippen LogP contribution >= 0.6 is 0 Å². The van der Waals surface area contributed by atoms with E-state index < -0.39 is 0 Å². The lowest BCUT2D eigenvalue weighted by molar-refractivity contribution is -0.120. The summed E-state index contributed by atoms with van der Waals surface area (Å²) < 4.78 is 5.06. The molecule has 1 fully saturated rings. The van der Waals surface area contributed by atoms with Crippen molar-refractivity contribution in [3.8, 4) is 5.75 Å². The average Bonchev–Trinajstić information content (AvgIpc) is 2.71. The van der Waals surface area contributed by atoms with E-state index in [1.807, 2.05) is 24.3 Å². The Bertz CT molecular complexity index is 425. The minimum atomic E-state index is -0.371. The van der Waals surface area contributed by atoms with Crippen LogP contribution in [-0.2, 0) is 4.79 Å². The standard InChI is InChI=1S/C11H13N3O2/c1-12-11-13-9(10(15)14-11)7-3-5-8(16-2)6-4-7/h3-6,9H,1-2H3,(H2,12,13,14,15). The van der Waals surface area contributed by atoms with Crippen LogP contribution in [0.3, 0.4) is 0 Å². The first-order chi connectivity index (χ1) is 7.74. The molecule has 84 valence electrons. The molecular formula is C11H13N3O2. The van der Waals surface area contributed by atoms with Crippen molar-refractivity contribution in [1.82, 2.24) is 10.6 Å². The van der Waals surface area contributed by atoms with Crippen LogP contribution in [0.5, 0.6) is 5.75 Å². The molecule has 1 amide bonds. The number of hydrogen-bond acceptors (Lipinski definition) is 3. The van der Waals surface area contributed by atoms with E-state index in [0.717, 1.165) is 11.3 Å². The molecule has 1 atom stereocenters. The zero-order chi connectivity index (χ0) is 11.5. The molecule has 0 aliphatic carbocycles. The minimum Gasteiger partial charge on any atom is -0.497 e. The topological polar surface area (TPSA) is 62.7 Å². The number of guanidine groups is 1. The Balaban J connectivity index is 2.21. The Morgan fingerprint density at radius 3 is 2.50 bits per heavy atom. The summed E-state index contributed by atoms with van der Waals surface area (Å²) in [5, 5.41) is 5.64. The third-order valence-corrected chi connectivity index (χ3v) is 2.46. The molecule has 0 spiro atoms. The second-order valence-corrected chi connectivity index (χ2v) is 3.41. The minimum absolute atomic E-state index is 0.0919. The molecule has 1 aliphatic rings. The van der Waals surface area contributed by atoms with E-state index in [0.29, 0.717) is 5.96 Å². The molecule has 1 heterocycles. The van der Waals surface area contributed by atoms with Crippen LogP contribution in [0.2, 0.25) is 0 Å². The van der Waals surface area contributed by atoms with Crippen molar-refractivity contribution in [3.05, 3.63) is 29.8 Å². The summed E-state index contributed by atoms with van der Waals surface area (Å²) in [6, 6.07) is 6.99. The first kappa shape index (κ1) is 10.5. The molecule has 5 nitrogen and oxygen atoms in total. The van der Waals surface area contributed by atoms with Crippen molar-refractivity contribution in [3.63, 3.8) is 0 Å². The van der Waals surface area contributed by atoms with E-state index in [9.17, 15) is 4.79 Å². The summed E-state index contributed by atoms with van der Waals surface area (Å²) in [5.74, 6) is 1.18. The molecule has 2 N–H and O–H groups in total. The highest BCUT2D eigenvalue weighted by Crippen LogP contribution is 2.19. The van der Waals surface area contributed by atoms with Gasteiger partial charge in [-0.1, -0.05) is 12.1 Å².